The Morgan fingerprint density at radius 2 is 1.20 bits per heavy atom. The van der Waals surface area contributed by atoms with Crippen LogP contribution in [0, 0.1) is 11.8 Å². The van der Waals surface area contributed by atoms with Crippen molar-refractivity contribution >= 4 is 5.78 Å². The zero-order chi connectivity index (χ0) is 13.8. The van der Waals surface area contributed by atoms with Gasteiger partial charge in [0.1, 0.15) is 5.78 Å². The Labute approximate surface area is 124 Å². The number of likely N-dealkylation sites (tertiary alicyclic amines) is 1. The van der Waals surface area contributed by atoms with E-state index >= 15 is 0 Å². The summed E-state index contributed by atoms with van der Waals surface area (Å²) in [5, 5.41) is 0. The van der Waals surface area contributed by atoms with Crippen molar-refractivity contribution in [3.63, 3.8) is 0 Å². The highest BCUT2D eigenvalue weighted by Crippen LogP contribution is 2.39. The highest BCUT2D eigenvalue weighted by Gasteiger charge is 2.36. The Hall–Kier alpha value is -0.370. The molecule has 0 aromatic heterocycles. The zero-order valence-corrected chi connectivity index (χ0v) is 13.0. The number of hydrogen-bond donors (Lipinski definition) is 0. The fourth-order valence-corrected chi connectivity index (χ4v) is 5.00. The second-order valence-electron chi connectivity index (χ2n) is 7.36. The summed E-state index contributed by atoms with van der Waals surface area (Å²) in [7, 11) is 0. The standard InChI is InChI=1S/C18H31NO/c20-17-11-13-19(14-12-17)18(15-7-3-1-4-8-15)16-9-5-2-6-10-16/h15-16,18H,1-14H2. The van der Waals surface area contributed by atoms with E-state index in [2.05, 4.69) is 4.90 Å². The number of ketones is 1. The minimum Gasteiger partial charge on any atom is -0.300 e. The van der Waals surface area contributed by atoms with Crippen molar-refractivity contribution in [3.8, 4) is 0 Å². The molecule has 3 fully saturated rings. The molecule has 0 atom stereocenters. The van der Waals surface area contributed by atoms with Gasteiger partial charge in [-0.2, -0.15) is 0 Å². The van der Waals surface area contributed by atoms with Crippen LogP contribution in [-0.2, 0) is 4.79 Å². The van der Waals surface area contributed by atoms with Gasteiger partial charge in [-0.05, 0) is 37.5 Å². The first-order valence-electron chi connectivity index (χ1n) is 9.10. The van der Waals surface area contributed by atoms with E-state index in [-0.39, 0.29) is 0 Å². The van der Waals surface area contributed by atoms with E-state index in [1.165, 1.54) is 64.2 Å². The van der Waals surface area contributed by atoms with Gasteiger partial charge in [-0.3, -0.25) is 9.69 Å². The predicted molar refractivity (Wildman–Crippen MR) is 82.8 cm³/mol. The maximum atomic E-state index is 11.6. The lowest BCUT2D eigenvalue weighted by Crippen LogP contribution is -2.50. The molecule has 2 saturated carbocycles. The number of hydrogen-bond acceptors (Lipinski definition) is 2. The molecule has 1 aliphatic heterocycles. The quantitative estimate of drug-likeness (QED) is 0.771. The largest absolute Gasteiger partial charge is 0.300 e. The topological polar surface area (TPSA) is 20.3 Å². The molecule has 0 bridgehead atoms. The van der Waals surface area contributed by atoms with E-state index in [4.69, 9.17) is 0 Å². The molecule has 2 heteroatoms. The summed E-state index contributed by atoms with van der Waals surface area (Å²) in [5.41, 5.74) is 0. The molecule has 20 heavy (non-hydrogen) atoms. The van der Waals surface area contributed by atoms with Gasteiger partial charge in [0.25, 0.3) is 0 Å². The van der Waals surface area contributed by atoms with E-state index in [1.807, 2.05) is 0 Å². The van der Waals surface area contributed by atoms with E-state index in [1.54, 1.807) is 0 Å². The third-order valence-electron chi connectivity index (χ3n) is 6.04. The summed E-state index contributed by atoms with van der Waals surface area (Å²) >= 11 is 0. The molecular weight excluding hydrogens is 246 g/mol. The molecule has 0 amide bonds. The molecule has 1 heterocycles. The summed E-state index contributed by atoms with van der Waals surface area (Å²) in [6.07, 6.45) is 16.1. The number of rotatable bonds is 3. The van der Waals surface area contributed by atoms with Crippen molar-refractivity contribution in [1.82, 2.24) is 4.90 Å². The van der Waals surface area contributed by atoms with Gasteiger partial charge in [-0.15, -0.1) is 0 Å². The Morgan fingerprint density at radius 1 is 0.750 bits per heavy atom. The minimum atomic E-state index is 0.493. The van der Waals surface area contributed by atoms with Crippen LogP contribution >= 0.6 is 0 Å². The van der Waals surface area contributed by atoms with Gasteiger partial charge in [0.05, 0.1) is 0 Å². The average Bonchev–Trinajstić information content (AvgIpc) is 2.52. The van der Waals surface area contributed by atoms with Gasteiger partial charge in [-0.1, -0.05) is 38.5 Å². The lowest BCUT2D eigenvalue weighted by atomic mass is 9.72. The van der Waals surface area contributed by atoms with Crippen LogP contribution < -0.4 is 0 Å². The lowest BCUT2D eigenvalue weighted by molar-refractivity contribution is -0.122. The van der Waals surface area contributed by atoms with Crippen molar-refractivity contribution in [1.29, 1.82) is 0 Å². The molecule has 3 rings (SSSR count). The van der Waals surface area contributed by atoms with Crippen LogP contribution in [0.25, 0.3) is 0 Å². The molecule has 0 spiro atoms. The second-order valence-corrected chi connectivity index (χ2v) is 7.36. The second kappa shape index (κ2) is 7.06. The molecule has 0 aromatic rings. The first-order chi connectivity index (χ1) is 9.84. The Kier molecular flexibility index (Phi) is 5.14. The first-order valence-corrected chi connectivity index (χ1v) is 9.10. The highest BCUT2D eigenvalue weighted by atomic mass is 16.1. The average molecular weight is 277 g/mol. The third kappa shape index (κ3) is 3.44. The Morgan fingerprint density at radius 3 is 1.65 bits per heavy atom. The van der Waals surface area contributed by atoms with Crippen LogP contribution in [0.4, 0.5) is 0 Å². The van der Waals surface area contributed by atoms with Crippen molar-refractivity contribution in [2.75, 3.05) is 13.1 Å². The molecule has 2 nitrogen and oxygen atoms in total. The lowest BCUT2D eigenvalue weighted by Gasteiger charge is -2.45. The van der Waals surface area contributed by atoms with Crippen LogP contribution in [0.1, 0.15) is 77.0 Å². The fraction of sp³-hybridized carbons (Fsp3) is 0.944. The van der Waals surface area contributed by atoms with Crippen molar-refractivity contribution in [2.45, 2.75) is 83.1 Å². The summed E-state index contributed by atoms with van der Waals surface area (Å²) in [4.78, 5) is 14.3. The number of Topliss-reactive ketones (excluding diaryl/α,β-unsaturated/α-hetero) is 1. The minimum absolute atomic E-state index is 0.493. The first kappa shape index (κ1) is 14.6. The van der Waals surface area contributed by atoms with Crippen LogP contribution in [0.5, 0.6) is 0 Å². The zero-order valence-electron chi connectivity index (χ0n) is 13.0. The maximum absolute atomic E-state index is 11.6. The normalized spacial score (nSPS) is 28.1. The van der Waals surface area contributed by atoms with Crippen LogP contribution in [0.2, 0.25) is 0 Å². The SMILES string of the molecule is O=C1CCN(C(C2CCCCC2)C2CCCCC2)CC1. The maximum Gasteiger partial charge on any atom is 0.135 e. The van der Waals surface area contributed by atoms with Crippen LogP contribution in [0.3, 0.4) is 0 Å². The molecule has 2 aliphatic carbocycles. The van der Waals surface area contributed by atoms with Gasteiger partial charge in [0.15, 0.2) is 0 Å². The van der Waals surface area contributed by atoms with Gasteiger partial charge in [0, 0.05) is 32.0 Å². The van der Waals surface area contributed by atoms with Gasteiger partial charge >= 0.3 is 0 Å². The monoisotopic (exact) mass is 277 g/mol. The van der Waals surface area contributed by atoms with Crippen molar-refractivity contribution < 1.29 is 4.79 Å². The molecule has 0 radical (unpaired) electrons. The Bertz CT molecular complexity index is 287. The molecule has 1 saturated heterocycles. The summed E-state index contributed by atoms with van der Waals surface area (Å²) < 4.78 is 0. The van der Waals surface area contributed by atoms with Gasteiger partial charge in [-0.25, -0.2) is 0 Å². The van der Waals surface area contributed by atoms with E-state index < -0.39 is 0 Å². The van der Waals surface area contributed by atoms with Gasteiger partial charge in [0.2, 0.25) is 0 Å². The number of carbonyl (C=O) groups excluding carboxylic acids is 1. The molecule has 0 aromatic carbocycles. The molecule has 0 unspecified atom stereocenters. The summed E-state index contributed by atoms with van der Waals surface area (Å²) in [6, 6.07) is 0.809. The van der Waals surface area contributed by atoms with Crippen molar-refractivity contribution in [3.05, 3.63) is 0 Å². The molecule has 114 valence electrons. The van der Waals surface area contributed by atoms with Crippen LogP contribution in [-0.4, -0.2) is 29.8 Å². The molecule has 3 aliphatic rings. The van der Waals surface area contributed by atoms with E-state index in [9.17, 15) is 4.79 Å². The fourth-order valence-electron chi connectivity index (χ4n) is 5.00. The highest BCUT2D eigenvalue weighted by molar-refractivity contribution is 5.79. The number of nitrogens with zero attached hydrogens (tertiary/aromatic N) is 1. The molecule has 0 N–H and O–H groups in total. The van der Waals surface area contributed by atoms with E-state index in [0.29, 0.717) is 5.78 Å². The van der Waals surface area contributed by atoms with Crippen molar-refractivity contribution in [2.24, 2.45) is 11.8 Å². The summed E-state index contributed by atoms with van der Waals surface area (Å²) in [5.74, 6) is 2.35. The smallest absolute Gasteiger partial charge is 0.135 e. The predicted octanol–water partition coefficient (Wildman–Crippen LogP) is 4.18. The van der Waals surface area contributed by atoms with E-state index in [0.717, 1.165) is 43.8 Å². The number of carbonyl (C=O) groups is 1. The number of piperidine rings is 1. The van der Waals surface area contributed by atoms with Crippen LogP contribution in [0.15, 0.2) is 0 Å². The third-order valence-corrected chi connectivity index (χ3v) is 6.04. The Balaban J connectivity index is 1.69. The summed E-state index contributed by atoms with van der Waals surface area (Å²) in [6.45, 7) is 2.10. The molecular formula is C18H31NO. The van der Waals surface area contributed by atoms with Gasteiger partial charge < -0.3 is 0 Å².